The van der Waals surface area contributed by atoms with Gasteiger partial charge in [-0.15, -0.1) is 11.3 Å². The highest BCUT2D eigenvalue weighted by Crippen LogP contribution is 2.41. The first kappa shape index (κ1) is 15.0. The molecule has 1 atom stereocenters. The Hall–Kier alpha value is -0.960. The largest absolute Gasteiger partial charge is 0.479 e. The van der Waals surface area contributed by atoms with Crippen LogP contribution in [0.5, 0.6) is 0 Å². The maximum atomic E-state index is 12.7. The average Bonchev–Trinajstić information content (AvgIpc) is 2.83. The minimum atomic E-state index is -3.65. The van der Waals surface area contributed by atoms with Gasteiger partial charge in [0.15, 0.2) is 6.10 Å². The van der Waals surface area contributed by atoms with Gasteiger partial charge in [0.05, 0.1) is 12.1 Å². The van der Waals surface area contributed by atoms with Crippen LogP contribution < -0.4 is 0 Å². The Balaban J connectivity index is 1.91. The van der Waals surface area contributed by atoms with Crippen molar-refractivity contribution in [3.8, 4) is 0 Å². The number of aryl methyl sites for hydroxylation is 1. The van der Waals surface area contributed by atoms with Crippen LogP contribution in [0.2, 0.25) is 0 Å². The predicted octanol–water partition coefficient (Wildman–Crippen LogP) is 1.45. The maximum absolute atomic E-state index is 12.7. The molecule has 2 fully saturated rings. The normalized spacial score (nSPS) is 25.7. The Morgan fingerprint density at radius 3 is 2.67 bits per heavy atom. The van der Waals surface area contributed by atoms with E-state index in [1.165, 1.54) is 15.6 Å². The summed E-state index contributed by atoms with van der Waals surface area (Å²) in [7, 11) is -3.65. The fraction of sp³-hybridized carbons (Fsp3) is 0.615. The summed E-state index contributed by atoms with van der Waals surface area (Å²) in [6.07, 6.45) is 1.28. The molecule has 1 aliphatic carbocycles. The Morgan fingerprint density at radius 1 is 1.48 bits per heavy atom. The van der Waals surface area contributed by atoms with E-state index in [-0.39, 0.29) is 17.3 Å². The molecule has 1 aromatic rings. The molecule has 1 saturated carbocycles. The summed E-state index contributed by atoms with van der Waals surface area (Å²) in [5.74, 6) is -1.11. The highest BCUT2D eigenvalue weighted by molar-refractivity contribution is 7.91. The third-order valence-electron chi connectivity index (χ3n) is 4.08. The molecule has 0 amide bonds. The second-order valence-corrected chi connectivity index (χ2v) is 9.10. The van der Waals surface area contributed by atoms with E-state index in [0.717, 1.165) is 11.3 Å². The number of hydrogen-bond acceptors (Lipinski definition) is 5. The lowest BCUT2D eigenvalue weighted by Crippen LogP contribution is -2.61. The van der Waals surface area contributed by atoms with Crippen molar-refractivity contribution in [2.24, 2.45) is 0 Å². The van der Waals surface area contributed by atoms with E-state index in [0.29, 0.717) is 12.8 Å². The second-order valence-electron chi connectivity index (χ2n) is 5.64. The van der Waals surface area contributed by atoms with Gasteiger partial charge in [-0.05, 0) is 38.3 Å². The number of morpholine rings is 1. The van der Waals surface area contributed by atoms with Crippen molar-refractivity contribution in [2.75, 3.05) is 13.1 Å². The lowest BCUT2D eigenvalue weighted by molar-refractivity contribution is -0.195. The number of thiophene rings is 1. The van der Waals surface area contributed by atoms with Crippen LogP contribution in [-0.2, 0) is 19.6 Å². The molecule has 0 bridgehead atoms. The third-order valence-corrected chi connectivity index (χ3v) is 7.36. The summed E-state index contributed by atoms with van der Waals surface area (Å²) in [6.45, 7) is 1.96. The van der Waals surface area contributed by atoms with Gasteiger partial charge in [-0.25, -0.2) is 13.2 Å². The standard InChI is InChI=1S/C13H17NO5S2/c1-9-3-4-11(20-9)21(17,18)14-7-10(12(15)16)19-13(8-14)5-2-6-13/h3-4,10H,2,5-8H2,1H3,(H,15,16). The van der Waals surface area contributed by atoms with Crippen LogP contribution in [0, 0.1) is 6.92 Å². The van der Waals surface area contributed by atoms with Gasteiger partial charge < -0.3 is 9.84 Å². The molecule has 2 aliphatic rings. The lowest BCUT2D eigenvalue weighted by Gasteiger charge is -2.49. The topological polar surface area (TPSA) is 83.9 Å². The number of carboxylic acid groups (broad SMARTS) is 1. The third kappa shape index (κ3) is 2.61. The van der Waals surface area contributed by atoms with Crippen molar-refractivity contribution in [2.45, 2.75) is 42.1 Å². The lowest BCUT2D eigenvalue weighted by atomic mass is 9.79. The van der Waals surface area contributed by atoms with E-state index in [1.54, 1.807) is 12.1 Å². The minimum Gasteiger partial charge on any atom is -0.479 e. The van der Waals surface area contributed by atoms with E-state index in [1.807, 2.05) is 6.92 Å². The first-order chi connectivity index (χ1) is 9.82. The Bertz CT molecular complexity index is 662. The molecule has 8 heteroatoms. The highest BCUT2D eigenvalue weighted by atomic mass is 32.2. The molecule has 1 aliphatic heterocycles. The predicted molar refractivity (Wildman–Crippen MR) is 76.9 cm³/mol. The van der Waals surface area contributed by atoms with Gasteiger partial charge in [0.25, 0.3) is 10.0 Å². The average molecular weight is 331 g/mol. The van der Waals surface area contributed by atoms with E-state index in [2.05, 4.69) is 0 Å². The SMILES string of the molecule is Cc1ccc(S(=O)(=O)N2CC(C(=O)O)OC3(CCC3)C2)s1. The molecule has 2 heterocycles. The van der Waals surface area contributed by atoms with Gasteiger partial charge in [-0.3, -0.25) is 0 Å². The van der Waals surface area contributed by atoms with E-state index in [4.69, 9.17) is 4.74 Å². The van der Waals surface area contributed by atoms with Gasteiger partial charge >= 0.3 is 5.97 Å². The van der Waals surface area contributed by atoms with E-state index < -0.39 is 27.7 Å². The summed E-state index contributed by atoms with van der Waals surface area (Å²) in [4.78, 5) is 12.2. The Kier molecular flexibility index (Phi) is 3.59. The van der Waals surface area contributed by atoms with Crippen molar-refractivity contribution in [1.29, 1.82) is 0 Å². The molecule has 1 unspecified atom stereocenters. The fourth-order valence-electron chi connectivity index (χ4n) is 2.78. The van der Waals surface area contributed by atoms with Crippen LogP contribution in [0.1, 0.15) is 24.1 Å². The number of ether oxygens (including phenoxy) is 1. The summed E-state index contributed by atoms with van der Waals surface area (Å²) in [5.41, 5.74) is -0.610. The molecule has 1 saturated heterocycles. The number of carbonyl (C=O) groups is 1. The molecule has 3 rings (SSSR count). The number of rotatable bonds is 3. The fourth-order valence-corrected chi connectivity index (χ4v) is 5.74. The van der Waals surface area contributed by atoms with Gasteiger partial charge in [-0.1, -0.05) is 0 Å². The molecule has 1 N–H and O–H groups in total. The molecular weight excluding hydrogens is 314 g/mol. The minimum absolute atomic E-state index is 0.129. The molecule has 1 aromatic heterocycles. The molecule has 116 valence electrons. The van der Waals surface area contributed by atoms with Crippen LogP contribution >= 0.6 is 11.3 Å². The zero-order valence-electron chi connectivity index (χ0n) is 11.6. The van der Waals surface area contributed by atoms with Crippen LogP contribution in [0.3, 0.4) is 0 Å². The number of carboxylic acids is 1. The smallest absolute Gasteiger partial charge is 0.334 e. The molecule has 1 spiro atoms. The van der Waals surface area contributed by atoms with Gasteiger partial charge in [0.2, 0.25) is 0 Å². The van der Waals surface area contributed by atoms with Gasteiger partial charge in [0, 0.05) is 11.4 Å². The van der Waals surface area contributed by atoms with E-state index >= 15 is 0 Å². The van der Waals surface area contributed by atoms with E-state index in [9.17, 15) is 18.3 Å². The number of hydrogen-bond donors (Lipinski definition) is 1. The Labute approximate surface area is 127 Å². The number of sulfonamides is 1. The molecule has 0 aromatic carbocycles. The van der Waals surface area contributed by atoms with Crippen LogP contribution in [0.25, 0.3) is 0 Å². The second kappa shape index (κ2) is 5.05. The van der Waals surface area contributed by atoms with Crippen LogP contribution in [0.15, 0.2) is 16.3 Å². The monoisotopic (exact) mass is 331 g/mol. The zero-order chi connectivity index (χ0) is 15.3. The highest BCUT2D eigenvalue weighted by Gasteiger charge is 2.50. The number of nitrogens with zero attached hydrogens (tertiary/aromatic N) is 1. The number of aliphatic carboxylic acids is 1. The van der Waals surface area contributed by atoms with Crippen molar-refractivity contribution in [3.63, 3.8) is 0 Å². The molecule has 6 nitrogen and oxygen atoms in total. The summed E-state index contributed by atoms with van der Waals surface area (Å²) < 4.78 is 32.5. The van der Waals surface area contributed by atoms with Crippen LogP contribution in [0.4, 0.5) is 0 Å². The van der Waals surface area contributed by atoms with Crippen molar-refractivity contribution < 1.29 is 23.1 Å². The summed E-state index contributed by atoms with van der Waals surface area (Å²) >= 11 is 1.21. The quantitative estimate of drug-likeness (QED) is 0.906. The Morgan fingerprint density at radius 2 is 2.19 bits per heavy atom. The first-order valence-electron chi connectivity index (χ1n) is 6.80. The molecule has 0 radical (unpaired) electrons. The van der Waals surface area contributed by atoms with Crippen molar-refractivity contribution in [3.05, 3.63) is 17.0 Å². The molecular formula is C13H17NO5S2. The summed E-state index contributed by atoms with van der Waals surface area (Å²) in [6, 6.07) is 3.33. The maximum Gasteiger partial charge on any atom is 0.334 e. The molecule has 21 heavy (non-hydrogen) atoms. The van der Waals surface area contributed by atoms with Crippen LogP contribution in [-0.4, -0.2) is 48.6 Å². The van der Waals surface area contributed by atoms with Crippen molar-refractivity contribution in [1.82, 2.24) is 4.31 Å². The first-order valence-corrected chi connectivity index (χ1v) is 9.05. The van der Waals surface area contributed by atoms with Crippen molar-refractivity contribution >= 4 is 27.3 Å². The summed E-state index contributed by atoms with van der Waals surface area (Å²) in [5, 5.41) is 9.20. The van der Waals surface area contributed by atoms with Gasteiger partial charge in [-0.2, -0.15) is 4.31 Å². The van der Waals surface area contributed by atoms with Gasteiger partial charge in [0.1, 0.15) is 4.21 Å². The zero-order valence-corrected chi connectivity index (χ0v) is 13.2.